The zero-order valence-electron chi connectivity index (χ0n) is 12.2. The molecule has 1 unspecified atom stereocenters. The number of esters is 1. The zero-order chi connectivity index (χ0) is 15.4. The minimum atomic E-state index is -0.518. The number of nitrogens with zero attached hydrogens (tertiary/aromatic N) is 2. The van der Waals surface area contributed by atoms with E-state index in [1.807, 2.05) is 32.0 Å². The quantitative estimate of drug-likeness (QED) is 0.764. The number of aryl methyl sites for hydroxylation is 1. The molecule has 6 heteroatoms. The molecule has 1 atom stereocenters. The Bertz CT molecular complexity index is 640. The van der Waals surface area contributed by atoms with Gasteiger partial charge in [0.05, 0.1) is 6.61 Å². The molecule has 2 rings (SSSR count). The Kier molecular flexibility index (Phi) is 5.12. The van der Waals surface area contributed by atoms with Gasteiger partial charge in [0.1, 0.15) is 5.92 Å². The number of aromatic nitrogens is 2. The van der Waals surface area contributed by atoms with E-state index in [0.717, 1.165) is 15.6 Å². The van der Waals surface area contributed by atoms with Crippen LogP contribution in [0.3, 0.4) is 0 Å². The van der Waals surface area contributed by atoms with Gasteiger partial charge in [-0.05, 0) is 38.0 Å². The second-order valence-electron chi connectivity index (χ2n) is 4.65. The molecule has 0 bridgehead atoms. The van der Waals surface area contributed by atoms with Gasteiger partial charge in [-0.3, -0.25) is 4.79 Å². The number of ether oxygens (including phenoxy) is 1. The van der Waals surface area contributed by atoms with Crippen molar-refractivity contribution in [3.8, 4) is 11.4 Å². The third kappa shape index (κ3) is 3.50. The van der Waals surface area contributed by atoms with Crippen LogP contribution in [-0.4, -0.2) is 22.7 Å². The molecule has 1 heterocycles. The van der Waals surface area contributed by atoms with Gasteiger partial charge in [0.15, 0.2) is 0 Å². The lowest BCUT2D eigenvalue weighted by atomic mass is 10.1. The minimum absolute atomic E-state index is 0.290. The molecule has 0 aliphatic heterocycles. The Morgan fingerprint density at radius 2 is 2.19 bits per heavy atom. The number of hydrogen-bond acceptors (Lipinski definition) is 5. The predicted molar refractivity (Wildman–Crippen MR) is 81.8 cm³/mol. The second kappa shape index (κ2) is 6.85. The molecule has 2 aromatic rings. The van der Waals surface area contributed by atoms with Gasteiger partial charge in [-0.25, -0.2) is 0 Å². The molecule has 0 radical (unpaired) electrons. The number of rotatable bonds is 5. The van der Waals surface area contributed by atoms with Crippen molar-refractivity contribution in [2.45, 2.75) is 33.1 Å². The van der Waals surface area contributed by atoms with E-state index in [0.29, 0.717) is 24.7 Å². The van der Waals surface area contributed by atoms with Crippen LogP contribution in [0, 0.1) is 6.92 Å². The molecule has 112 valence electrons. The highest BCUT2D eigenvalue weighted by molar-refractivity contribution is 9.10. The Morgan fingerprint density at radius 3 is 2.81 bits per heavy atom. The first-order chi connectivity index (χ1) is 10.1. The van der Waals surface area contributed by atoms with Crippen LogP contribution in [0.1, 0.15) is 37.6 Å². The minimum Gasteiger partial charge on any atom is -0.465 e. The molecule has 1 aromatic carbocycles. The molecule has 21 heavy (non-hydrogen) atoms. The van der Waals surface area contributed by atoms with Crippen molar-refractivity contribution in [3.05, 3.63) is 34.1 Å². The number of hydrogen-bond donors (Lipinski definition) is 0. The van der Waals surface area contributed by atoms with Gasteiger partial charge in [0.2, 0.25) is 11.7 Å². The summed E-state index contributed by atoms with van der Waals surface area (Å²) >= 11 is 3.49. The maximum Gasteiger partial charge on any atom is 0.318 e. The molecule has 0 aliphatic rings. The third-order valence-corrected chi connectivity index (χ3v) is 3.74. The highest BCUT2D eigenvalue weighted by Crippen LogP contribution is 2.29. The molecule has 0 saturated carbocycles. The molecular formula is C15H17BrN2O3. The highest BCUT2D eigenvalue weighted by atomic mass is 79.9. The van der Waals surface area contributed by atoms with E-state index in [9.17, 15) is 4.79 Å². The normalized spacial score (nSPS) is 12.2. The van der Waals surface area contributed by atoms with Gasteiger partial charge in [0.25, 0.3) is 0 Å². The van der Waals surface area contributed by atoms with E-state index in [2.05, 4.69) is 26.1 Å². The van der Waals surface area contributed by atoms with Gasteiger partial charge in [-0.15, -0.1) is 0 Å². The van der Waals surface area contributed by atoms with Crippen molar-refractivity contribution < 1.29 is 14.1 Å². The van der Waals surface area contributed by atoms with Crippen molar-refractivity contribution >= 4 is 21.9 Å². The molecular weight excluding hydrogens is 336 g/mol. The fraction of sp³-hybridized carbons (Fsp3) is 0.400. The van der Waals surface area contributed by atoms with Gasteiger partial charge in [-0.1, -0.05) is 34.1 Å². The average molecular weight is 353 g/mol. The van der Waals surface area contributed by atoms with Crippen LogP contribution < -0.4 is 0 Å². The standard InChI is InChI=1S/C15H17BrN2O3/c1-4-10(15(19)20-5-2)14-17-13(18-21-14)11-7-6-9(3)8-12(11)16/h6-8,10H,4-5H2,1-3H3. The number of carbonyl (C=O) groups is 1. The Labute approximate surface area is 131 Å². The summed E-state index contributed by atoms with van der Waals surface area (Å²) in [4.78, 5) is 16.2. The van der Waals surface area contributed by atoms with Crippen LogP contribution in [0.25, 0.3) is 11.4 Å². The summed E-state index contributed by atoms with van der Waals surface area (Å²) in [5.74, 6) is -0.105. The molecule has 1 aromatic heterocycles. The number of carbonyl (C=O) groups excluding carboxylic acids is 1. The van der Waals surface area contributed by atoms with Crippen LogP contribution in [0.2, 0.25) is 0 Å². The highest BCUT2D eigenvalue weighted by Gasteiger charge is 2.26. The van der Waals surface area contributed by atoms with E-state index in [1.54, 1.807) is 6.92 Å². The molecule has 0 saturated heterocycles. The maximum absolute atomic E-state index is 11.9. The summed E-state index contributed by atoms with van der Waals surface area (Å²) in [6.45, 7) is 5.99. The van der Waals surface area contributed by atoms with E-state index >= 15 is 0 Å². The van der Waals surface area contributed by atoms with Gasteiger partial charge < -0.3 is 9.26 Å². The molecule has 0 amide bonds. The first-order valence-electron chi connectivity index (χ1n) is 6.83. The van der Waals surface area contributed by atoms with Crippen molar-refractivity contribution in [2.75, 3.05) is 6.61 Å². The fourth-order valence-corrected chi connectivity index (χ4v) is 2.64. The lowest BCUT2D eigenvalue weighted by Gasteiger charge is -2.08. The lowest BCUT2D eigenvalue weighted by molar-refractivity contribution is -0.145. The predicted octanol–water partition coefficient (Wildman–Crippen LogP) is 3.86. The summed E-state index contributed by atoms with van der Waals surface area (Å²) < 4.78 is 11.2. The van der Waals surface area contributed by atoms with E-state index in [1.165, 1.54) is 0 Å². The van der Waals surface area contributed by atoms with Gasteiger partial charge >= 0.3 is 5.97 Å². The van der Waals surface area contributed by atoms with Crippen LogP contribution in [0.5, 0.6) is 0 Å². The van der Waals surface area contributed by atoms with Crippen molar-refractivity contribution in [2.24, 2.45) is 0 Å². The smallest absolute Gasteiger partial charge is 0.318 e. The Morgan fingerprint density at radius 1 is 1.43 bits per heavy atom. The Hall–Kier alpha value is -1.69. The van der Waals surface area contributed by atoms with Crippen LogP contribution in [0.4, 0.5) is 0 Å². The van der Waals surface area contributed by atoms with Crippen molar-refractivity contribution in [1.82, 2.24) is 10.1 Å². The summed E-state index contributed by atoms with van der Waals surface area (Å²) in [5.41, 5.74) is 1.96. The first-order valence-corrected chi connectivity index (χ1v) is 7.62. The topological polar surface area (TPSA) is 65.2 Å². The zero-order valence-corrected chi connectivity index (χ0v) is 13.8. The number of halogens is 1. The largest absolute Gasteiger partial charge is 0.465 e. The first kappa shape index (κ1) is 15.7. The lowest BCUT2D eigenvalue weighted by Crippen LogP contribution is -2.15. The van der Waals surface area contributed by atoms with E-state index in [4.69, 9.17) is 9.26 Å². The maximum atomic E-state index is 11.9. The molecule has 0 fully saturated rings. The van der Waals surface area contributed by atoms with Crippen LogP contribution in [-0.2, 0) is 9.53 Å². The van der Waals surface area contributed by atoms with Crippen molar-refractivity contribution in [3.63, 3.8) is 0 Å². The third-order valence-electron chi connectivity index (χ3n) is 3.08. The molecule has 0 aliphatic carbocycles. The van der Waals surface area contributed by atoms with Crippen molar-refractivity contribution in [1.29, 1.82) is 0 Å². The van der Waals surface area contributed by atoms with E-state index in [-0.39, 0.29) is 5.97 Å². The van der Waals surface area contributed by atoms with Gasteiger partial charge in [-0.2, -0.15) is 4.98 Å². The monoisotopic (exact) mass is 352 g/mol. The molecule has 0 spiro atoms. The Balaban J connectivity index is 2.30. The summed E-state index contributed by atoms with van der Waals surface area (Å²) in [6.07, 6.45) is 0.551. The van der Waals surface area contributed by atoms with Gasteiger partial charge in [0, 0.05) is 10.0 Å². The SMILES string of the molecule is CCOC(=O)C(CC)c1nc(-c2ccc(C)cc2Br)no1. The summed E-state index contributed by atoms with van der Waals surface area (Å²) in [6, 6.07) is 5.87. The second-order valence-corrected chi connectivity index (χ2v) is 5.51. The van der Waals surface area contributed by atoms with Crippen LogP contribution in [0.15, 0.2) is 27.2 Å². The van der Waals surface area contributed by atoms with Crippen LogP contribution >= 0.6 is 15.9 Å². The molecule has 5 nitrogen and oxygen atoms in total. The number of benzene rings is 1. The fourth-order valence-electron chi connectivity index (χ4n) is 1.97. The molecule has 0 N–H and O–H groups in total. The van der Waals surface area contributed by atoms with E-state index < -0.39 is 5.92 Å². The average Bonchev–Trinajstić information content (AvgIpc) is 2.89. The summed E-state index contributed by atoms with van der Waals surface area (Å²) in [5, 5.41) is 3.96. The summed E-state index contributed by atoms with van der Waals surface area (Å²) in [7, 11) is 0.